The molecule has 1 aliphatic rings. The first-order valence-electron chi connectivity index (χ1n) is 7.54. The molecule has 2 rings (SSSR count). The summed E-state index contributed by atoms with van der Waals surface area (Å²) in [6.07, 6.45) is -0.0387. The maximum atomic E-state index is 12.7. The van der Waals surface area contributed by atoms with Gasteiger partial charge in [-0.2, -0.15) is 0 Å². The van der Waals surface area contributed by atoms with E-state index in [9.17, 15) is 14.7 Å². The molecule has 2 N–H and O–H groups in total. The van der Waals surface area contributed by atoms with Gasteiger partial charge < -0.3 is 24.6 Å². The summed E-state index contributed by atoms with van der Waals surface area (Å²) in [6.45, 7) is 0.958. The van der Waals surface area contributed by atoms with Crippen molar-refractivity contribution < 1.29 is 29.3 Å². The molecule has 1 aliphatic heterocycles. The number of carbonyl (C=O) groups excluding carboxylic acids is 1. The highest BCUT2D eigenvalue weighted by atomic mass is 35.5. The van der Waals surface area contributed by atoms with E-state index in [0.717, 1.165) is 0 Å². The fourth-order valence-electron chi connectivity index (χ4n) is 2.49. The van der Waals surface area contributed by atoms with Gasteiger partial charge in [0.15, 0.2) is 5.60 Å². The van der Waals surface area contributed by atoms with Crippen LogP contribution in [0.5, 0.6) is 5.75 Å². The summed E-state index contributed by atoms with van der Waals surface area (Å²) in [6, 6.07) is 4.76. The number of nitrogens with zero attached hydrogens (tertiary/aromatic N) is 1. The number of likely N-dealkylation sites (tertiary alicyclic amines) is 1. The van der Waals surface area contributed by atoms with Crippen LogP contribution >= 0.6 is 11.6 Å². The Labute approximate surface area is 144 Å². The number of hydrogen-bond acceptors (Lipinski definition) is 5. The van der Waals surface area contributed by atoms with E-state index in [0.29, 0.717) is 22.9 Å². The number of hydrogen-bond donors (Lipinski definition) is 2. The number of ether oxygens (including phenoxy) is 2. The number of aliphatic carboxylic acids is 1. The molecule has 0 unspecified atom stereocenters. The van der Waals surface area contributed by atoms with Crippen LogP contribution in [0, 0.1) is 0 Å². The van der Waals surface area contributed by atoms with Crippen LogP contribution in [0.4, 0.5) is 0 Å². The van der Waals surface area contributed by atoms with E-state index in [-0.39, 0.29) is 38.4 Å². The Balaban J connectivity index is 2.12. The maximum Gasteiger partial charge on any atom is 0.335 e. The number of carbonyl (C=O) groups is 2. The number of aliphatic hydroxyl groups is 1. The smallest absolute Gasteiger partial charge is 0.335 e. The summed E-state index contributed by atoms with van der Waals surface area (Å²) >= 11 is 5.98. The standard InChI is InChI=1S/C16H20ClNO6/c1-23-8-9-24-13-3-2-11(17)10-12(13)14(19)18-6-4-16(22,5-7-18)15(20)21/h2-3,10,22H,4-9H2,1H3,(H,20,21). The Kier molecular flexibility index (Phi) is 6.04. The number of amides is 1. The van der Waals surface area contributed by atoms with Crippen LogP contribution in [-0.4, -0.2) is 66.0 Å². The highest BCUT2D eigenvalue weighted by Crippen LogP contribution is 2.28. The van der Waals surface area contributed by atoms with Crippen molar-refractivity contribution in [2.24, 2.45) is 0 Å². The van der Waals surface area contributed by atoms with Crippen LogP contribution in [0.1, 0.15) is 23.2 Å². The minimum atomic E-state index is -1.77. The number of halogens is 1. The molecule has 0 aliphatic carbocycles. The monoisotopic (exact) mass is 357 g/mol. The molecule has 1 amide bonds. The van der Waals surface area contributed by atoms with Gasteiger partial charge in [0.2, 0.25) is 0 Å². The molecule has 0 aromatic heterocycles. The van der Waals surface area contributed by atoms with Crippen LogP contribution in [0.15, 0.2) is 18.2 Å². The van der Waals surface area contributed by atoms with E-state index in [1.54, 1.807) is 19.2 Å². The van der Waals surface area contributed by atoms with E-state index in [1.807, 2.05) is 0 Å². The lowest BCUT2D eigenvalue weighted by molar-refractivity contribution is -0.162. The lowest BCUT2D eigenvalue weighted by Gasteiger charge is -2.35. The summed E-state index contributed by atoms with van der Waals surface area (Å²) in [5.41, 5.74) is -1.47. The first kappa shape index (κ1) is 18.5. The van der Waals surface area contributed by atoms with Crippen molar-refractivity contribution in [3.8, 4) is 5.75 Å². The Morgan fingerprint density at radius 1 is 1.29 bits per heavy atom. The summed E-state index contributed by atoms with van der Waals surface area (Å²) in [5, 5.41) is 19.4. The van der Waals surface area contributed by atoms with Crippen molar-refractivity contribution in [1.82, 2.24) is 4.90 Å². The number of piperidine rings is 1. The highest BCUT2D eigenvalue weighted by molar-refractivity contribution is 6.31. The highest BCUT2D eigenvalue weighted by Gasteiger charge is 2.40. The molecule has 8 heteroatoms. The molecule has 0 spiro atoms. The predicted octanol–water partition coefficient (Wildman–Crippen LogP) is 1.42. The molecule has 7 nitrogen and oxygen atoms in total. The Bertz CT molecular complexity index is 613. The summed E-state index contributed by atoms with van der Waals surface area (Å²) in [5.74, 6) is -1.18. The number of methoxy groups -OCH3 is 1. The van der Waals surface area contributed by atoms with Crippen molar-refractivity contribution in [3.63, 3.8) is 0 Å². The Hall–Kier alpha value is -1.83. The van der Waals surface area contributed by atoms with E-state index in [4.69, 9.17) is 26.2 Å². The second kappa shape index (κ2) is 7.83. The molecule has 0 radical (unpaired) electrons. The minimum absolute atomic E-state index is 0.0193. The molecule has 1 fully saturated rings. The van der Waals surface area contributed by atoms with Gasteiger partial charge in [-0.1, -0.05) is 11.6 Å². The van der Waals surface area contributed by atoms with E-state index in [2.05, 4.69) is 0 Å². The molecular weight excluding hydrogens is 338 g/mol. The molecule has 0 bridgehead atoms. The van der Waals surface area contributed by atoms with Crippen molar-refractivity contribution >= 4 is 23.5 Å². The van der Waals surface area contributed by atoms with E-state index >= 15 is 0 Å². The van der Waals surface area contributed by atoms with Gasteiger partial charge in [0.05, 0.1) is 12.2 Å². The van der Waals surface area contributed by atoms with Gasteiger partial charge in [0.25, 0.3) is 5.91 Å². The number of carboxylic acid groups (broad SMARTS) is 1. The van der Waals surface area contributed by atoms with Gasteiger partial charge in [-0.15, -0.1) is 0 Å². The third-order valence-electron chi connectivity index (χ3n) is 3.99. The van der Waals surface area contributed by atoms with Crippen LogP contribution in [-0.2, 0) is 9.53 Å². The summed E-state index contributed by atoms with van der Waals surface area (Å²) < 4.78 is 10.5. The average molecular weight is 358 g/mol. The van der Waals surface area contributed by atoms with Crippen LogP contribution < -0.4 is 4.74 Å². The quantitative estimate of drug-likeness (QED) is 0.747. The van der Waals surface area contributed by atoms with Gasteiger partial charge >= 0.3 is 5.97 Å². The van der Waals surface area contributed by atoms with Gasteiger partial charge in [-0.25, -0.2) is 4.79 Å². The molecule has 0 saturated carbocycles. The molecule has 1 aromatic carbocycles. The second-order valence-corrected chi connectivity index (χ2v) is 6.05. The molecule has 1 aromatic rings. The largest absolute Gasteiger partial charge is 0.490 e. The number of rotatable bonds is 6. The van der Waals surface area contributed by atoms with Crippen LogP contribution in [0.2, 0.25) is 5.02 Å². The van der Waals surface area contributed by atoms with Crippen molar-refractivity contribution in [3.05, 3.63) is 28.8 Å². The zero-order valence-electron chi connectivity index (χ0n) is 13.3. The number of carboxylic acids is 1. The second-order valence-electron chi connectivity index (χ2n) is 5.61. The Morgan fingerprint density at radius 3 is 2.54 bits per heavy atom. The average Bonchev–Trinajstić information content (AvgIpc) is 2.56. The van der Waals surface area contributed by atoms with Gasteiger partial charge in [0, 0.05) is 38.1 Å². The molecule has 132 valence electrons. The summed E-state index contributed by atoms with van der Waals surface area (Å²) in [7, 11) is 1.55. The first-order chi connectivity index (χ1) is 11.4. The first-order valence-corrected chi connectivity index (χ1v) is 7.91. The van der Waals surface area contributed by atoms with Crippen molar-refractivity contribution in [1.29, 1.82) is 0 Å². The van der Waals surface area contributed by atoms with Gasteiger partial charge in [-0.05, 0) is 18.2 Å². The molecule has 1 saturated heterocycles. The van der Waals surface area contributed by atoms with E-state index in [1.165, 1.54) is 11.0 Å². The van der Waals surface area contributed by atoms with Gasteiger partial charge in [0.1, 0.15) is 12.4 Å². The third kappa shape index (κ3) is 4.17. The topological polar surface area (TPSA) is 96.3 Å². The fraction of sp³-hybridized carbons (Fsp3) is 0.500. The van der Waals surface area contributed by atoms with Crippen LogP contribution in [0.25, 0.3) is 0 Å². The predicted molar refractivity (Wildman–Crippen MR) is 86.5 cm³/mol. The van der Waals surface area contributed by atoms with Crippen molar-refractivity contribution in [2.45, 2.75) is 18.4 Å². The van der Waals surface area contributed by atoms with Crippen LogP contribution in [0.3, 0.4) is 0 Å². The normalized spacial score (nSPS) is 16.7. The lowest BCUT2D eigenvalue weighted by Crippen LogP contribution is -2.50. The molecule has 24 heavy (non-hydrogen) atoms. The lowest BCUT2D eigenvalue weighted by atomic mass is 9.91. The third-order valence-corrected chi connectivity index (χ3v) is 4.23. The van der Waals surface area contributed by atoms with Crippen molar-refractivity contribution in [2.75, 3.05) is 33.4 Å². The minimum Gasteiger partial charge on any atom is -0.490 e. The zero-order chi connectivity index (χ0) is 17.7. The molecule has 0 atom stereocenters. The number of benzene rings is 1. The SMILES string of the molecule is COCCOc1ccc(Cl)cc1C(=O)N1CCC(O)(C(=O)O)CC1. The van der Waals surface area contributed by atoms with E-state index < -0.39 is 11.6 Å². The molecule has 1 heterocycles. The zero-order valence-corrected chi connectivity index (χ0v) is 14.1. The fourth-order valence-corrected chi connectivity index (χ4v) is 2.67. The molecular formula is C16H20ClNO6. The maximum absolute atomic E-state index is 12.7. The Morgan fingerprint density at radius 2 is 1.96 bits per heavy atom. The van der Waals surface area contributed by atoms with Gasteiger partial charge in [-0.3, -0.25) is 4.79 Å². The summed E-state index contributed by atoms with van der Waals surface area (Å²) in [4.78, 5) is 25.3.